The molecule has 3 heteroatoms. The molecular formula is C18H15FN2. The first-order valence-corrected chi connectivity index (χ1v) is 7.03. The molecule has 0 aliphatic carbocycles. The van der Waals surface area contributed by atoms with E-state index in [0.29, 0.717) is 5.69 Å². The van der Waals surface area contributed by atoms with Gasteiger partial charge in [-0.25, -0.2) is 9.82 Å². The van der Waals surface area contributed by atoms with Crippen LogP contribution in [0.5, 0.6) is 0 Å². The number of nitrogens with one attached hydrogen (secondary N) is 2. The van der Waals surface area contributed by atoms with Crippen molar-refractivity contribution in [2.45, 2.75) is 13.0 Å². The van der Waals surface area contributed by atoms with Crippen LogP contribution < -0.4 is 10.9 Å². The zero-order chi connectivity index (χ0) is 14.4. The van der Waals surface area contributed by atoms with Crippen molar-refractivity contribution >= 4 is 16.5 Å². The van der Waals surface area contributed by atoms with Crippen molar-refractivity contribution in [1.82, 2.24) is 5.43 Å². The average Bonchev–Trinajstić information content (AvgIpc) is 2.91. The van der Waals surface area contributed by atoms with Crippen molar-refractivity contribution in [1.29, 1.82) is 0 Å². The molecule has 0 saturated carbocycles. The van der Waals surface area contributed by atoms with E-state index in [2.05, 4.69) is 41.2 Å². The molecule has 1 atom stereocenters. The topological polar surface area (TPSA) is 24.1 Å². The molecule has 0 radical (unpaired) electrons. The van der Waals surface area contributed by atoms with Crippen molar-refractivity contribution in [3.8, 4) is 0 Å². The molecule has 104 valence electrons. The van der Waals surface area contributed by atoms with Crippen molar-refractivity contribution in [2.24, 2.45) is 0 Å². The number of halogens is 1. The van der Waals surface area contributed by atoms with Crippen LogP contribution in [0.25, 0.3) is 10.8 Å². The normalized spacial score (nSPS) is 16.8. The van der Waals surface area contributed by atoms with Gasteiger partial charge < -0.3 is 5.43 Å². The van der Waals surface area contributed by atoms with E-state index < -0.39 is 0 Å². The third-order valence-electron chi connectivity index (χ3n) is 4.02. The van der Waals surface area contributed by atoms with Gasteiger partial charge in [0.2, 0.25) is 0 Å². The Morgan fingerprint density at radius 3 is 2.62 bits per heavy atom. The molecule has 3 aromatic rings. The largest absolute Gasteiger partial charge is 0.318 e. The summed E-state index contributed by atoms with van der Waals surface area (Å²) in [6.45, 7) is 1.92. The predicted molar refractivity (Wildman–Crippen MR) is 83.7 cm³/mol. The highest BCUT2D eigenvalue weighted by Crippen LogP contribution is 2.36. The Labute approximate surface area is 122 Å². The Hall–Kier alpha value is -2.39. The summed E-state index contributed by atoms with van der Waals surface area (Å²) in [6.07, 6.45) is 0. The van der Waals surface area contributed by atoms with Gasteiger partial charge in [-0.05, 0) is 41.0 Å². The van der Waals surface area contributed by atoms with Crippen molar-refractivity contribution in [3.63, 3.8) is 0 Å². The van der Waals surface area contributed by atoms with Gasteiger partial charge in [0, 0.05) is 5.56 Å². The SMILES string of the molecule is Cc1cc(F)c2c(c1)C(c1ccc3ccccc3c1)NN2. The van der Waals surface area contributed by atoms with Crippen LogP contribution in [0.15, 0.2) is 54.6 Å². The second-order valence-electron chi connectivity index (χ2n) is 5.52. The van der Waals surface area contributed by atoms with Gasteiger partial charge in [0.15, 0.2) is 0 Å². The number of rotatable bonds is 1. The Bertz CT molecular complexity index is 842. The standard InChI is InChI=1S/C18H15FN2/c1-11-8-15-17(20-21-18(15)16(19)9-11)14-7-6-12-4-2-3-5-13(12)10-14/h2-10,17,20-21H,1H3. The third-order valence-corrected chi connectivity index (χ3v) is 4.02. The monoisotopic (exact) mass is 278 g/mol. The Kier molecular flexibility index (Phi) is 2.69. The van der Waals surface area contributed by atoms with Crippen LogP contribution in [0.3, 0.4) is 0 Å². The fraction of sp³-hybridized carbons (Fsp3) is 0.111. The summed E-state index contributed by atoms with van der Waals surface area (Å²) in [5.41, 5.74) is 9.73. The Balaban J connectivity index is 1.85. The molecule has 1 aliphatic heterocycles. The van der Waals surface area contributed by atoms with Gasteiger partial charge in [-0.3, -0.25) is 0 Å². The maximum Gasteiger partial charge on any atom is 0.148 e. The van der Waals surface area contributed by atoms with E-state index in [1.165, 1.54) is 10.8 Å². The van der Waals surface area contributed by atoms with E-state index in [1.54, 1.807) is 6.07 Å². The van der Waals surface area contributed by atoms with Crippen LogP contribution in [0, 0.1) is 12.7 Å². The summed E-state index contributed by atoms with van der Waals surface area (Å²) < 4.78 is 14.0. The molecule has 0 aromatic heterocycles. The highest BCUT2D eigenvalue weighted by atomic mass is 19.1. The lowest BCUT2D eigenvalue weighted by molar-refractivity contribution is 0.629. The number of hydrazine groups is 1. The van der Waals surface area contributed by atoms with Crippen LogP contribution >= 0.6 is 0 Å². The molecule has 4 rings (SSSR count). The minimum absolute atomic E-state index is 0.0287. The molecule has 2 N–H and O–H groups in total. The summed E-state index contributed by atoms with van der Waals surface area (Å²) in [7, 11) is 0. The third kappa shape index (κ3) is 1.98. The van der Waals surface area contributed by atoms with E-state index in [0.717, 1.165) is 16.7 Å². The summed E-state index contributed by atoms with van der Waals surface area (Å²) in [5, 5.41) is 2.40. The first-order valence-electron chi connectivity index (χ1n) is 7.03. The van der Waals surface area contributed by atoms with Crippen LogP contribution in [-0.4, -0.2) is 0 Å². The number of fused-ring (bicyclic) bond motifs is 2. The summed E-state index contributed by atoms with van der Waals surface area (Å²) in [4.78, 5) is 0. The van der Waals surface area contributed by atoms with Crippen LogP contribution in [0.1, 0.15) is 22.7 Å². The van der Waals surface area contributed by atoms with Gasteiger partial charge >= 0.3 is 0 Å². The van der Waals surface area contributed by atoms with Crippen molar-refractivity contribution in [2.75, 3.05) is 5.43 Å². The lowest BCUT2D eigenvalue weighted by Gasteiger charge is -2.13. The molecule has 0 bridgehead atoms. The zero-order valence-corrected chi connectivity index (χ0v) is 11.7. The van der Waals surface area contributed by atoms with E-state index in [4.69, 9.17) is 0 Å². The maximum atomic E-state index is 14.0. The quantitative estimate of drug-likeness (QED) is 0.693. The molecule has 1 aliphatic rings. The number of hydrogen-bond acceptors (Lipinski definition) is 2. The molecule has 1 unspecified atom stereocenters. The summed E-state index contributed by atoms with van der Waals surface area (Å²) in [6, 6.07) is 18.2. The molecule has 21 heavy (non-hydrogen) atoms. The van der Waals surface area contributed by atoms with E-state index in [-0.39, 0.29) is 11.9 Å². The van der Waals surface area contributed by atoms with Gasteiger partial charge in [0.25, 0.3) is 0 Å². The fourth-order valence-corrected chi connectivity index (χ4v) is 3.00. The number of benzene rings is 3. The highest BCUT2D eigenvalue weighted by molar-refractivity contribution is 5.83. The van der Waals surface area contributed by atoms with Crippen molar-refractivity contribution < 1.29 is 4.39 Å². The van der Waals surface area contributed by atoms with Gasteiger partial charge in [0.1, 0.15) is 5.82 Å². The predicted octanol–water partition coefficient (Wildman–Crippen LogP) is 4.31. The highest BCUT2D eigenvalue weighted by Gasteiger charge is 2.26. The number of anilines is 1. The van der Waals surface area contributed by atoms with Crippen LogP contribution in [0.2, 0.25) is 0 Å². The summed E-state index contributed by atoms with van der Waals surface area (Å²) in [5.74, 6) is -0.208. The molecule has 0 spiro atoms. The Morgan fingerprint density at radius 2 is 1.76 bits per heavy atom. The van der Waals surface area contributed by atoms with Crippen molar-refractivity contribution in [3.05, 3.63) is 77.1 Å². The van der Waals surface area contributed by atoms with Gasteiger partial charge in [-0.1, -0.05) is 42.5 Å². The molecule has 2 nitrogen and oxygen atoms in total. The first kappa shape index (κ1) is 12.4. The maximum absolute atomic E-state index is 14.0. The fourth-order valence-electron chi connectivity index (χ4n) is 3.00. The average molecular weight is 278 g/mol. The summed E-state index contributed by atoms with van der Waals surface area (Å²) >= 11 is 0. The minimum Gasteiger partial charge on any atom is -0.318 e. The molecular weight excluding hydrogens is 263 g/mol. The first-order chi connectivity index (χ1) is 10.2. The van der Waals surface area contributed by atoms with Gasteiger partial charge in [-0.15, -0.1) is 0 Å². The van der Waals surface area contributed by atoms with E-state index >= 15 is 0 Å². The van der Waals surface area contributed by atoms with Gasteiger partial charge in [0.05, 0.1) is 11.7 Å². The lowest BCUT2D eigenvalue weighted by Crippen LogP contribution is -2.19. The van der Waals surface area contributed by atoms with Crippen LogP contribution in [-0.2, 0) is 0 Å². The molecule has 3 aromatic carbocycles. The van der Waals surface area contributed by atoms with E-state index in [9.17, 15) is 4.39 Å². The molecule has 0 fully saturated rings. The smallest absolute Gasteiger partial charge is 0.148 e. The molecule has 1 heterocycles. The Morgan fingerprint density at radius 1 is 0.952 bits per heavy atom. The number of hydrogen-bond donors (Lipinski definition) is 2. The van der Waals surface area contributed by atoms with Gasteiger partial charge in [-0.2, -0.15) is 0 Å². The lowest BCUT2D eigenvalue weighted by atomic mass is 9.95. The molecule has 0 amide bonds. The van der Waals surface area contributed by atoms with E-state index in [1.807, 2.05) is 25.1 Å². The zero-order valence-electron chi connectivity index (χ0n) is 11.7. The second kappa shape index (κ2) is 4.57. The number of aryl methyl sites for hydroxylation is 1. The minimum atomic E-state index is -0.208. The molecule has 0 saturated heterocycles. The van der Waals surface area contributed by atoms with Crippen LogP contribution in [0.4, 0.5) is 10.1 Å². The second-order valence-corrected chi connectivity index (χ2v) is 5.52.